The molecule has 0 spiro atoms. The summed E-state index contributed by atoms with van der Waals surface area (Å²) in [5, 5.41) is 0. The molecule has 0 fully saturated rings. The molecule has 0 radical (unpaired) electrons. The van der Waals surface area contributed by atoms with Crippen LogP contribution in [0.4, 0.5) is 0 Å². The van der Waals surface area contributed by atoms with Gasteiger partial charge in [-0.2, -0.15) is 0 Å². The smallest absolute Gasteiger partial charge is 0.340 e. The number of hydrogen-bond donors (Lipinski definition) is 0. The minimum atomic E-state index is -0.519. The molecule has 1 aromatic rings. The van der Waals surface area contributed by atoms with E-state index in [1.54, 1.807) is 13.0 Å². The van der Waals surface area contributed by atoms with Crippen LogP contribution in [-0.2, 0) is 9.53 Å². The summed E-state index contributed by atoms with van der Waals surface area (Å²) in [6, 6.07) is 7.40. The minimum Gasteiger partial charge on any atom is -0.424 e. The van der Waals surface area contributed by atoms with Gasteiger partial charge in [0.25, 0.3) is 0 Å². The maximum atomic E-state index is 11.5. The molecule has 0 saturated carbocycles. The van der Waals surface area contributed by atoms with Crippen molar-refractivity contribution in [3.63, 3.8) is 0 Å². The van der Waals surface area contributed by atoms with Gasteiger partial charge in [-0.05, 0) is 32.4 Å². The lowest BCUT2D eigenvalue weighted by molar-refractivity contribution is -0.145. The van der Waals surface area contributed by atoms with Crippen LogP contribution in [0.5, 0.6) is 5.75 Å². The molecule has 1 atom stereocenters. The van der Waals surface area contributed by atoms with Crippen LogP contribution in [0.1, 0.15) is 19.4 Å². The van der Waals surface area contributed by atoms with E-state index in [-0.39, 0.29) is 5.97 Å². The van der Waals surface area contributed by atoms with E-state index >= 15 is 0 Å². The fraction of sp³-hybridized carbons (Fsp3) is 0.417. The Morgan fingerprint density at radius 3 is 2.67 bits per heavy atom. The fourth-order valence-corrected chi connectivity index (χ4v) is 1.18. The Morgan fingerprint density at radius 1 is 1.40 bits per heavy atom. The first-order chi connectivity index (χ1) is 7.15. The van der Waals surface area contributed by atoms with Crippen LogP contribution in [-0.4, -0.2) is 18.7 Å². The summed E-state index contributed by atoms with van der Waals surface area (Å²) in [6.07, 6.45) is -0.519. The highest BCUT2D eigenvalue weighted by atomic mass is 16.6. The first-order valence-corrected chi connectivity index (χ1v) is 5.04. The summed E-state index contributed by atoms with van der Waals surface area (Å²) in [7, 11) is 0. The van der Waals surface area contributed by atoms with Gasteiger partial charge in [0.1, 0.15) is 5.75 Å². The molecular weight excluding hydrogens is 192 g/mol. The van der Waals surface area contributed by atoms with Gasteiger partial charge in [-0.25, -0.2) is 4.79 Å². The number of esters is 1. The van der Waals surface area contributed by atoms with Crippen LogP contribution in [0, 0.1) is 6.92 Å². The Morgan fingerprint density at radius 2 is 2.07 bits per heavy atom. The van der Waals surface area contributed by atoms with Crippen LogP contribution in [0.3, 0.4) is 0 Å². The number of aryl methyl sites for hydroxylation is 1. The third-order valence-electron chi connectivity index (χ3n) is 2.05. The number of carbonyl (C=O) groups excluding carboxylic acids is 1. The lowest BCUT2D eigenvalue weighted by atomic mass is 10.2. The standard InChI is InChI=1S/C12H16O3/c1-4-14-10(3)12(13)15-11-8-6-5-7-9(11)2/h5-8,10H,4H2,1-3H3. The van der Waals surface area contributed by atoms with Gasteiger partial charge in [-0.3, -0.25) is 0 Å². The van der Waals surface area contributed by atoms with Crippen LogP contribution in [0.15, 0.2) is 24.3 Å². The van der Waals surface area contributed by atoms with Crippen molar-refractivity contribution < 1.29 is 14.3 Å². The van der Waals surface area contributed by atoms with E-state index < -0.39 is 6.10 Å². The van der Waals surface area contributed by atoms with Gasteiger partial charge in [-0.15, -0.1) is 0 Å². The van der Waals surface area contributed by atoms with E-state index in [1.807, 2.05) is 32.0 Å². The third-order valence-corrected chi connectivity index (χ3v) is 2.05. The van der Waals surface area contributed by atoms with Crippen molar-refractivity contribution in [1.29, 1.82) is 0 Å². The molecule has 3 nitrogen and oxygen atoms in total. The van der Waals surface area contributed by atoms with Gasteiger partial charge in [0.2, 0.25) is 0 Å². The number of hydrogen-bond acceptors (Lipinski definition) is 3. The number of ether oxygens (including phenoxy) is 2. The van der Waals surface area contributed by atoms with E-state index in [9.17, 15) is 4.79 Å². The third kappa shape index (κ3) is 3.36. The highest BCUT2D eigenvalue weighted by Gasteiger charge is 2.15. The molecule has 0 N–H and O–H groups in total. The number of para-hydroxylation sites is 1. The van der Waals surface area contributed by atoms with Gasteiger partial charge in [0.05, 0.1) is 0 Å². The average Bonchev–Trinajstić information content (AvgIpc) is 2.21. The predicted molar refractivity (Wildman–Crippen MR) is 57.9 cm³/mol. The van der Waals surface area contributed by atoms with Crippen molar-refractivity contribution in [2.75, 3.05) is 6.61 Å². The van der Waals surface area contributed by atoms with Gasteiger partial charge in [-0.1, -0.05) is 18.2 Å². The largest absolute Gasteiger partial charge is 0.424 e. The second-order valence-corrected chi connectivity index (χ2v) is 3.28. The summed E-state index contributed by atoms with van der Waals surface area (Å²) >= 11 is 0. The van der Waals surface area contributed by atoms with Crippen LogP contribution < -0.4 is 4.74 Å². The van der Waals surface area contributed by atoms with Crippen molar-refractivity contribution in [2.45, 2.75) is 26.9 Å². The molecule has 0 bridgehead atoms. The van der Waals surface area contributed by atoms with E-state index in [0.717, 1.165) is 5.56 Å². The molecule has 0 amide bonds. The predicted octanol–water partition coefficient (Wildman–Crippen LogP) is 2.33. The van der Waals surface area contributed by atoms with Crippen molar-refractivity contribution in [1.82, 2.24) is 0 Å². The molecule has 1 aromatic carbocycles. The van der Waals surface area contributed by atoms with Crippen LogP contribution >= 0.6 is 0 Å². The van der Waals surface area contributed by atoms with Crippen LogP contribution in [0.2, 0.25) is 0 Å². The number of rotatable bonds is 4. The molecule has 3 heteroatoms. The quantitative estimate of drug-likeness (QED) is 0.562. The fourth-order valence-electron chi connectivity index (χ4n) is 1.18. The molecular formula is C12H16O3. The van der Waals surface area contributed by atoms with Crippen molar-refractivity contribution >= 4 is 5.97 Å². The second-order valence-electron chi connectivity index (χ2n) is 3.28. The lowest BCUT2D eigenvalue weighted by Gasteiger charge is -2.12. The molecule has 0 aliphatic heterocycles. The van der Waals surface area contributed by atoms with Crippen LogP contribution in [0.25, 0.3) is 0 Å². The Bertz CT molecular complexity index is 333. The molecule has 0 heterocycles. The highest BCUT2D eigenvalue weighted by Crippen LogP contribution is 2.16. The van der Waals surface area contributed by atoms with Gasteiger partial charge in [0.15, 0.2) is 6.10 Å². The van der Waals surface area contributed by atoms with E-state index in [4.69, 9.17) is 9.47 Å². The summed E-state index contributed by atoms with van der Waals surface area (Å²) in [5.41, 5.74) is 0.939. The number of benzene rings is 1. The molecule has 0 aromatic heterocycles. The van der Waals surface area contributed by atoms with Crippen molar-refractivity contribution in [2.24, 2.45) is 0 Å². The molecule has 0 saturated heterocycles. The zero-order valence-corrected chi connectivity index (χ0v) is 9.32. The highest BCUT2D eigenvalue weighted by molar-refractivity contribution is 5.77. The zero-order valence-electron chi connectivity index (χ0n) is 9.32. The molecule has 1 unspecified atom stereocenters. The van der Waals surface area contributed by atoms with Gasteiger partial charge < -0.3 is 9.47 Å². The molecule has 0 aliphatic rings. The first-order valence-electron chi connectivity index (χ1n) is 5.04. The molecule has 82 valence electrons. The maximum Gasteiger partial charge on any atom is 0.340 e. The first kappa shape index (κ1) is 11.7. The minimum absolute atomic E-state index is 0.355. The Hall–Kier alpha value is -1.35. The van der Waals surface area contributed by atoms with E-state index in [2.05, 4.69) is 0 Å². The second kappa shape index (κ2) is 5.51. The Kier molecular flexibility index (Phi) is 4.31. The zero-order chi connectivity index (χ0) is 11.3. The Labute approximate surface area is 90.0 Å². The molecule has 15 heavy (non-hydrogen) atoms. The summed E-state index contributed by atoms with van der Waals surface area (Å²) in [5.74, 6) is 0.236. The normalized spacial score (nSPS) is 12.2. The lowest BCUT2D eigenvalue weighted by Crippen LogP contribution is -2.25. The molecule has 1 rings (SSSR count). The Balaban J connectivity index is 2.62. The monoisotopic (exact) mass is 208 g/mol. The maximum absolute atomic E-state index is 11.5. The van der Waals surface area contributed by atoms with Crippen molar-refractivity contribution in [3.8, 4) is 5.75 Å². The van der Waals surface area contributed by atoms with Crippen molar-refractivity contribution in [3.05, 3.63) is 29.8 Å². The molecule has 0 aliphatic carbocycles. The van der Waals surface area contributed by atoms with E-state index in [0.29, 0.717) is 12.4 Å². The topological polar surface area (TPSA) is 35.5 Å². The number of carbonyl (C=O) groups is 1. The van der Waals surface area contributed by atoms with Gasteiger partial charge >= 0.3 is 5.97 Å². The summed E-state index contributed by atoms with van der Waals surface area (Å²) in [4.78, 5) is 11.5. The average molecular weight is 208 g/mol. The summed E-state index contributed by atoms with van der Waals surface area (Å²) in [6.45, 7) is 5.93. The van der Waals surface area contributed by atoms with Gasteiger partial charge in [0, 0.05) is 6.61 Å². The van der Waals surface area contributed by atoms with E-state index in [1.165, 1.54) is 0 Å². The SMILES string of the molecule is CCOC(C)C(=O)Oc1ccccc1C. The summed E-state index contributed by atoms with van der Waals surface area (Å²) < 4.78 is 10.3.